The van der Waals surface area contributed by atoms with Gasteiger partial charge in [-0.1, -0.05) is 0 Å². The predicted octanol–water partition coefficient (Wildman–Crippen LogP) is -2.21. The van der Waals surface area contributed by atoms with Crippen LogP contribution in [0.1, 0.15) is 6.42 Å². The highest BCUT2D eigenvalue weighted by Crippen LogP contribution is 2.25. The fourth-order valence-electron chi connectivity index (χ4n) is 1.30. The molecule has 8 nitrogen and oxygen atoms in total. The van der Waals surface area contributed by atoms with Crippen molar-refractivity contribution in [1.82, 2.24) is 10.6 Å². The summed E-state index contributed by atoms with van der Waals surface area (Å²) < 4.78 is 8.88. The van der Waals surface area contributed by atoms with Gasteiger partial charge in [0, 0.05) is 18.3 Å². The first kappa shape index (κ1) is 16.9. The highest BCUT2D eigenvalue weighted by atomic mass is 32.1. The number of hydrogen-bond donors (Lipinski definition) is 7. The van der Waals surface area contributed by atoms with E-state index in [1.165, 1.54) is 0 Å². The van der Waals surface area contributed by atoms with Crippen LogP contribution in [0.3, 0.4) is 0 Å². The zero-order valence-electron chi connectivity index (χ0n) is 9.11. The van der Waals surface area contributed by atoms with Gasteiger partial charge in [-0.05, 0) is 13.0 Å². The molecule has 1 saturated heterocycles. The first-order chi connectivity index (χ1) is 7.75. The lowest BCUT2D eigenvalue weighted by atomic mass is 10.1. The molecule has 0 aromatic heterocycles. The Morgan fingerprint density at radius 3 is 2.41 bits per heavy atom. The monoisotopic (exact) mass is 287 g/mol. The second-order valence-electron chi connectivity index (χ2n) is 3.41. The van der Waals surface area contributed by atoms with Crippen molar-refractivity contribution in [2.45, 2.75) is 18.5 Å². The van der Waals surface area contributed by atoms with Crippen LogP contribution < -0.4 is 16.4 Å². The Morgan fingerprint density at radius 1 is 1.53 bits per heavy atom. The first-order valence-electron chi connectivity index (χ1n) is 4.91. The third-order valence-electron chi connectivity index (χ3n) is 1.96. The summed E-state index contributed by atoms with van der Waals surface area (Å²) in [7, 11) is -4.64. The summed E-state index contributed by atoms with van der Waals surface area (Å²) in [6, 6.07) is -0.241. The van der Waals surface area contributed by atoms with Crippen LogP contribution in [0, 0.1) is 0 Å². The fraction of sp³-hybridized carbons (Fsp3) is 0.857. The maximum atomic E-state index is 11.3. The van der Waals surface area contributed by atoms with Crippen molar-refractivity contribution in [2.75, 3.05) is 18.8 Å². The molecule has 0 aliphatic carbocycles. The Labute approximate surface area is 105 Å². The molecular weight excluding hydrogens is 269 g/mol. The number of nitrogens with one attached hydrogen (secondary N) is 2. The summed E-state index contributed by atoms with van der Waals surface area (Å²) in [6.45, 7) is 1.44. The van der Waals surface area contributed by atoms with Gasteiger partial charge in [0.2, 0.25) is 5.91 Å². The lowest BCUT2D eigenvalue weighted by Crippen LogP contribution is -2.49. The van der Waals surface area contributed by atoms with Crippen molar-refractivity contribution in [3.63, 3.8) is 0 Å². The zero-order valence-corrected chi connectivity index (χ0v) is 10.9. The normalized spacial score (nSPS) is 23.8. The number of carbonyl (C=O) groups is 1. The number of hydrogen-bond acceptors (Lipinski definition) is 5. The van der Waals surface area contributed by atoms with Gasteiger partial charge in [-0.15, -0.1) is 0 Å². The standard InChI is InChI=1S/C7H15N3OS.H3O4P/c8-5-1-2-9-6(5)7(11)10-3-4-12;1-5(2,3)4/h5-6,9,12H,1-4,8H2,(H,10,11);(H3,1,2,3,4)/t5?,6-;/m0./s1. The summed E-state index contributed by atoms with van der Waals surface area (Å²) in [6.07, 6.45) is 0.874. The summed E-state index contributed by atoms with van der Waals surface area (Å²) in [5.74, 6) is 0.655. The highest BCUT2D eigenvalue weighted by molar-refractivity contribution is 7.80. The minimum Gasteiger partial charge on any atom is -0.354 e. The molecule has 0 saturated carbocycles. The van der Waals surface area contributed by atoms with Crippen LogP contribution in [0.25, 0.3) is 0 Å². The number of rotatable bonds is 3. The van der Waals surface area contributed by atoms with Crippen molar-refractivity contribution in [2.24, 2.45) is 5.73 Å². The van der Waals surface area contributed by atoms with E-state index in [2.05, 4.69) is 23.3 Å². The number of thiol groups is 1. The van der Waals surface area contributed by atoms with Crippen LogP contribution in [0.15, 0.2) is 0 Å². The van der Waals surface area contributed by atoms with Gasteiger partial charge in [0.05, 0.1) is 0 Å². The number of carbonyl (C=O) groups excluding carboxylic acids is 1. The molecule has 7 N–H and O–H groups in total. The summed E-state index contributed by atoms with van der Waals surface area (Å²) in [5, 5.41) is 5.80. The lowest BCUT2D eigenvalue weighted by Gasteiger charge is -2.14. The molecule has 10 heteroatoms. The lowest BCUT2D eigenvalue weighted by molar-refractivity contribution is -0.122. The molecule has 1 unspecified atom stereocenters. The quantitative estimate of drug-likeness (QED) is 0.230. The van der Waals surface area contributed by atoms with Gasteiger partial charge in [-0.3, -0.25) is 4.79 Å². The van der Waals surface area contributed by atoms with E-state index in [1.54, 1.807) is 0 Å². The molecule has 102 valence electrons. The largest absolute Gasteiger partial charge is 0.466 e. The second kappa shape index (κ2) is 8.04. The van der Waals surface area contributed by atoms with E-state index in [1.807, 2.05) is 0 Å². The zero-order chi connectivity index (χ0) is 13.5. The molecule has 1 aliphatic rings. The number of amides is 1. The van der Waals surface area contributed by atoms with Crippen molar-refractivity contribution in [3.8, 4) is 0 Å². The van der Waals surface area contributed by atoms with Crippen LogP contribution in [0.4, 0.5) is 0 Å². The third kappa shape index (κ3) is 9.54. The molecule has 1 heterocycles. The molecule has 0 bridgehead atoms. The number of phosphoric acid groups is 1. The van der Waals surface area contributed by atoms with Crippen molar-refractivity contribution >= 4 is 26.4 Å². The molecule has 17 heavy (non-hydrogen) atoms. The van der Waals surface area contributed by atoms with Crippen LogP contribution >= 0.6 is 20.5 Å². The molecule has 2 atom stereocenters. The smallest absolute Gasteiger partial charge is 0.354 e. The van der Waals surface area contributed by atoms with Crippen LogP contribution in [-0.4, -0.2) is 51.5 Å². The molecule has 0 aromatic rings. The Balaban J connectivity index is 0.000000437. The topological polar surface area (TPSA) is 145 Å². The Bertz CT molecular complexity index is 278. The van der Waals surface area contributed by atoms with E-state index >= 15 is 0 Å². The highest BCUT2D eigenvalue weighted by Gasteiger charge is 2.29. The fourth-order valence-corrected chi connectivity index (χ4v) is 1.41. The van der Waals surface area contributed by atoms with E-state index in [0.29, 0.717) is 12.3 Å². The Kier molecular flexibility index (Phi) is 7.97. The average molecular weight is 287 g/mol. The molecule has 0 aromatic carbocycles. The van der Waals surface area contributed by atoms with Crippen molar-refractivity contribution in [3.05, 3.63) is 0 Å². The average Bonchev–Trinajstić information content (AvgIpc) is 2.58. The summed E-state index contributed by atoms with van der Waals surface area (Å²) in [5.41, 5.74) is 5.71. The van der Waals surface area contributed by atoms with Gasteiger partial charge in [0.1, 0.15) is 6.04 Å². The molecule has 1 fully saturated rings. The number of nitrogens with two attached hydrogens (primary N) is 1. The maximum absolute atomic E-state index is 11.3. The molecule has 1 rings (SSSR count). The van der Waals surface area contributed by atoms with Gasteiger partial charge in [-0.2, -0.15) is 12.6 Å². The Hall–Kier alpha value is -0.150. The van der Waals surface area contributed by atoms with E-state index in [-0.39, 0.29) is 18.0 Å². The van der Waals surface area contributed by atoms with E-state index < -0.39 is 7.82 Å². The molecular formula is C7H18N3O5PS. The summed E-state index contributed by atoms with van der Waals surface area (Å²) in [4.78, 5) is 32.9. The van der Waals surface area contributed by atoms with Gasteiger partial charge in [-0.25, -0.2) is 4.57 Å². The van der Waals surface area contributed by atoms with Crippen molar-refractivity contribution < 1.29 is 24.0 Å². The predicted molar refractivity (Wildman–Crippen MR) is 65.5 cm³/mol. The Morgan fingerprint density at radius 2 is 2.06 bits per heavy atom. The first-order valence-corrected chi connectivity index (χ1v) is 7.11. The SMILES string of the molecule is NC1CCN[C@@H]1C(=O)NCCS.O=P(O)(O)O. The van der Waals surface area contributed by atoms with E-state index in [4.69, 9.17) is 25.0 Å². The molecule has 0 radical (unpaired) electrons. The van der Waals surface area contributed by atoms with E-state index in [0.717, 1.165) is 13.0 Å². The van der Waals surface area contributed by atoms with Gasteiger partial charge >= 0.3 is 7.82 Å². The molecule has 1 amide bonds. The third-order valence-corrected chi connectivity index (χ3v) is 2.19. The minimum absolute atomic E-state index is 0.00551. The van der Waals surface area contributed by atoms with Gasteiger partial charge < -0.3 is 31.0 Å². The second-order valence-corrected chi connectivity index (χ2v) is 4.89. The summed E-state index contributed by atoms with van der Waals surface area (Å²) >= 11 is 3.99. The molecule has 1 aliphatic heterocycles. The van der Waals surface area contributed by atoms with Crippen molar-refractivity contribution in [1.29, 1.82) is 0 Å². The van der Waals surface area contributed by atoms with Crippen LogP contribution in [0.2, 0.25) is 0 Å². The van der Waals surface area contributed by atoms with Crippen LogP contribution in [0.5, 0.6) is 0 Å². The minimum atomic E-state index is -4.64. The van der Waals surface area contributed by atoms with E-state index in [9.17, 15) is 4.79 Å². The van der Waals surface area contributed by atoms with Crippen LogP contribution in [-0.2, 0) is 9.36 Å². The molecule has 0 spiro atoms. The maximum Gasteiger partial charge on any atom is 0.466 e. The van der Waals surface area contributed by atoms with Gasteiger partial charge in [0.25, 0.3) is 0 Å². The van der Waals surface area contributed by atoms with Gasteiger partial charge in [0.15, 0.2) is 0 Å².